The molecule has 0 bridgehead atoms. The van der Waals surface area contributed by atoms with E-state index in [1.807, 2.05) is 24.8 Å². The van der Waals surface area contributed by atoms with Gasteiger partial charge in [0.2, 0.25) is 11.8 Å². The van der Waals surface area contributed by atoms with E-state index in [2.05, 4.69) is 32.3 Å². The summed E-state index contributed by atoms with van der Waals surface area (Å²) in [6.07, 6.45) is 2.55. The van der Waals surface area contributed by atoms with Gasteiger partial charge in [-0.2, -0.15) is 0 Å². The van der Waals surface area contributed by atoms with Crippen LogP contribution in [0.4, 0.5) is 4.79 Å². The lowest BCUT2D eigenvalue weighted by molar-refractivity contribution is -0.136. The highest BCUT2D eigenvalue weighted by atomic mass is 32.1. The first-order valence-corrected chi connectivity index (χ1v) is 11.7. The molecule has 0 unspecified atom stereocenters. The molecular formula is C21H31N5O3S. The Morgan fingerprint density at radius 1 is 1.20 bits per heavy atom. The maximum absolute atomic E-state index is 13.3. The van der Waals surface area contributed by atoms with Crippen molar-refractivity contribution in [1.82, 2.24) is 25.8 Å². The molecule has 0 radical (unpaired) electrons. The highest BCUT2D eigenvalue weighted by Crippen LogP contribution is 2.30. The molecular weight excluding hydrogens is 402 g/mol. The SMILES string of the molecule is CC(C)NC(=O)N[C@H]1C[C@H]2CN(Cc3cccs3)C[C@H](NC(=O)C3CC3)C(=O)N2C1. The molecule has 2 saturated heterocycles. The monoisotopic (exact) mass is 433 g/mol. The van der Waals surface area contributed by atoms with Crippen LogP contribution >= 0.6 is 11.3 Å². The predicted molar refractivity (Wildman–Crippen MR) is 115 cm³/mol. The van der Waals surface area contributed by atoms with E-state index < -0.39 is 6.04 Å². The third-order valence-electron chi connectivity index (χ3n) is 5.88. The van der Waals surface area contributed by atoms with Crippen LogP contribution < -0.4 is 16.0 Å². The standard InChI is InChI=1S/C21H31N5O3S/c1-13(2)22-21(29)23-15-8-16-10-25(11-17-4-3-7-30-17)12-18(20(28)26(16)9-15)24-19(27)14-5-6-14/h3-4,7,13-16,18H,5-6,8-12H2,1-2H3,(H,24,27)(H2,22,23,29)/t15-,16-,18-/m0/s1. The van der Waals surface area contributed by atoms with Crippen molar-refractivity contribution >= 4 is 29.2 Å². The van der Waals surface area contributed by atoms with E-state index in [1.165, 1.54) is 4.88 Å². The lowest BCUT2D eigenvalue weighted by atomic mass is 10.1. The Balaban J connectivity index is 1.46. The van der Waals surface area contributed by atoms with Gasteiger partial charge in [-0.15, -0.1) is 11.3 Å². The Hall–Kier alpha value is -2.13. The first-order valence-electron chi connectivity index (χ1n) is 10.8. The molecule has 3 heterocycles. The number of urea groups is 1. The van der Waals surface area contributed by atoms with Crippen LogP contribution in [0.5, 0.6) is 0 Å². The molecule has 3 atom stereocenters. The maximum Gasteiger partial charge on any atom is 0.315 e. The van der Waals surface area contributed by atoms with Crippen LogP contribution in [0.3, 0.4) is 0 Å². The summed E-state index contributed by atoms with van der Waals surface area (Å²) in [4.78, 5) is 43.2. The van der Waals surface area contributed by atoms with E-state index >= 15 is 0 Å². The van der Waals surface area contributed by atoms with Crippen LogP contribution in [0.1, 0.15) is 38.0 Å². The summed E-state index contributed by atoms with van der Waals surface area (Å²) in [7, 11) is 0. The molecule has 1 aromatic heterocycles. The molecule has 0 spiro atoms. The molecule has 9 heteroatoms. The van der Waals surface area contributed by atoms with Crippen LogP contribution in [0.15, 0.2) is 17.5 Å². The number of fused-ring (bicyclic) bond motifs is 1. The number of carbonyl (C=O) groups excluding carboxylic acids is 3. The first-order chi connectivity index (χ1) is 14.4. The molecule has 3 aliphatic rings. The van der Waals surface area contributed by atoms with Gasteiger partial charge in [0, 0.05) is 49.1 Å². The second kappa shape index (κ2) is 8.93. The van der Waals surface area contributed by atoms with Crippen LogP contribution in [0.25, 0.3) is 0 Å². The fourth-order valence-corrected chi connectivity index (χ4v) is 5.10. The Labute approximate surface area is 181 Å². The number of hydrogen-bond donors (Lipinski definition) is 3. The fourth-order valence-electron chi connectivity index (χ4n) is 4.36. The van der Waals surface area contributed by atoms with Crippen molar-refractivity contribution in [3.05, 3.63) is 22.4 Å². The van der Waals surface area contributed by atoms with Gasteiger partial charge in [0.15, 0.2) is 0 Å². The number of hydrogen-bond acceptors (Lipinski definition) is 5. The summed E-state index contributed by atoms with van der Waals surface area (Å²) in [6.45, 7) is 6.34. The topological polar surface area (TPSA) is 93.8 Å². The first kappa shape index (κ1) is 21.1. The number of rotatable bonds is 6. The van der Waals surface area contributed by atoms with Crippen molar-refractivity contribution in [3.8, 4) is 0 Å². The predicted octanol–water partition coefficient (Wildman–Crippen LogP) is 1.14. The Morgan fingerprint density at radius 3 is 2.67 bits per heavy atom. The summed E-state index contributed by atoms with van der Waals surface area (Å²) in [6, 6.07) is 3.40. The maximum atomic E-state index is 13.3. The molecule has 164 valence electrons. The minimum atomic E-state index is -0.536. The van der Waals surface area contributed by atoms with Gasteiger partial charge in [-0.25, -0.2) is 4.79 Å². The van der Waals surface area contributed by atoms with Gasteiger partial charge in [0.05, 0.1) is 6.04 Å². The molecule has 4 amide bonds. The fraction of sp³-hybridized carbons (Fsp3) is 0.667. The van der Waals surface area contributed by atoms with E-state index in [0.29, 0.717) is 13.1 Å². The number of carbonyl (C=O) groups is 3. The van der Waals surface area contributed by atoms with Crippen molar-refractivity contribution in [1.29, 1.82) is 0 Å². The van der Waals surface area contributed by atoms with Crippen molar-refractivity contribution in [2.24, 2.45) is 5.92 Å². The van der Waals surface area contributed by atoms with Crippen LogP contribution in [0, 0.1) is 5.92 Å². The number of nitrogens with zero attached hydrogens (tertiary/aromatic N) is 2. The average Bonchev–Trinajstić information content (AvgIpc) is 3.30. The van der Waals surface area contributed by atoms with E-state index in [9.17, 15) is 14.4 Å². The Kier molecular flexibility index (Phi) is 6.29. The molecule has 2 aliphatic heterocycles. The van der Waals surface area contributed by atoms with Gasteiger partial charge in [-0.3, -0.25) is 14.5 Å². The van der Waals surface area contributed by atoms with Crippen molar-refractivity contribution < 1.29 is 14.4 Å². The third kappa shape index (κ3) is 5.13. The average molecular weight is 434 g/mol. The molecule has 4 rings (SSSR count). The molecule has 1 saturated carbocycles. The van der Waals surface area contributed by atoms with Crippen molar-refractivity contribution in [3.63, 3.8) is 0 Å². The quantitative estimate of drug-likeness (QED) is 0.627. The second-order valence-electron chi connectivity index (χ2n) is 8.96. The van der Waals surface area contributed by atoms with E-state index in [0.717, 1.165) is 32.4 Å². The van der Waals surface area contributed by atoms with Gasteiger partial charge >= 0.3 is 6.03 Å². The van der Waals surface area contributed by atoms with Gasteiger partial charge in [0.25, 0.3) is 0 Å². The molecule has 3 N–H and O–H groups in total. The zero-order chi connectivity index (χ0) is 21.3. The molecule has 3 fully saturated rings. The third-order valence-corrected chi connectivity index (χ3v) is 6.75. The van der Waals surface area contributed by atoms with Crippen LogP contribution in [0.2, 0.25) is 0 Å². The summed E-state index contributed by atoms with van der Waals surface area (Å²) >= 11 is 1.70. The van der Waals surface area contributed by atoms with Crippen molar-refractivity contribution in [2.75, 3.05) is 19.6 Å². The zero-order valence-corrected chi connectivity index (χ0v) is 18.4. The minimum absolute atomic E-state index is 0.00643. The largest absolute Gasteiger partial charge is 0.343 e. The Morgan fingerprint density at radius 2 is 2.00 bits per heavy atom. The van der Waals surface area contributed by atoms with Gasteiger partial charge in [0.1, 0.15) is 6.04 Å². The Bertz CT molecular complexity index is 780. The smallest absolute Gasteiger partial charge is 0.315 e. The van der Waals surface area contributed by atoms with Crippen molar-refractivity contribution in [2.45, 2.75) is 63.8 Å². The second-order valence-corrected chi connectivity index (χ2v) is 9.99. The molecule has 0 aromatic carbocycles. The highest BCUT2D eigenvalue weighted by Gasteiger charge is 2.44. The van der Waals surface area contributed by atoms with E-state index in [4.69, 9.17) is 0 Å². The highest BCUT2D eigenvalue weighted by molar-refractivity contribution is 7.09. The van der Waals surface area contributed by atoms with Crippen LogP contribution in [-0.2, 0) is 16.1 Å². The zero-order valence-electron chi connectivity index (χ0n) is 17.6. The molecule has 1 aromatic rings. The van der Waals surface area contributed by atoms with Crippen LogP contribution in [-0.4, -0.2) is 71.4 Å². The normalized spacial score (nSPS) is 27.0. The van der Waals surface area contributed by atoms with Gasteiger partial charge < -0.3 is 20.9 Å². The molecule has 8 nitrogen and oxygen atoms in total. The van der Waals surface area contributed by atoms with Gasteiger partial charge in [-0.1, -0.05) is 6.07 Å². The lowest BCUT2D eigenvalue weighted by Gasteiger charge is -2.24. The summed E-state index contributed by atoms with van der Waals surface area (Å²) in [5.41, 5.74) is 0. The summed E-state index contributed by atoms with van der Waals surface area (Å²) in [5, 5.41) is 10.9. The number of amides is 4. The summed E-state index contributed by atoms with van der Waals surface area (Å²) in [5.74, 6) is 0.0274. The van der Waals surface area contributed by atoms with E-state index in [-0.39, 0.29) is 41.9 Å². The number of thiophene rings is 1. The molecule has 1 aliphatic carbocycles. The summed E-state index contributed by atoms with van der Waals surface area (Å²) < 4.78 is 0. The minimum Gasteiger partial charge on any atom is -0.343 e. The van der Waals surface area contributed by atoms with Gasteiger partial charge in [-0.05, 0) is 44.6 Å². The lowest BCUT2D eigenvalue weighted by Crippen LogP contribution is -2.52. The van der Waals surface area contributed by atoms with E-state index in [1.54, 1.807) is 11.3 Å². The molecule has 30 heavy (non-hydrogen) atoms. The number of nitrogens with one attached hydrogen (secondary N) is 3.